The molecule has 0 saturated heterocycles. The van der Waals surface area contributed by atoms with E-state index in [-0.39, 0.29) is 41.6 Å². The summed E-state index contributed by atoms with van der Waals surface area (Å²) in [4.78, 5) is 12.0. The Hall–Kier alpha value is -0.424. The molecule has 0 N–H and O–H groups in total. The van der Waals surface area contributed by atoms with Crippen LogP contribution in [0, 0.1) is 0 Å². The van der Waals surface area contributed by atoms with Crippen molar-refractivity contribution >= 4 is 12.4 Å². The van der Waals surface area contributed by atoms with Gasteiger partial charge in [-0.15, -0.1) is 0 Å². The van der Waals surface area contributed by atoms with Gasteiger partial charge < -0.3 is 24.8 Å². The summed E-state index contributed by atoms with van der Waals surface area (Å²) in [6.07, 6.45) is 3.43. The van der Waals surface area contributed by atoms with Crippen molar-refractivity contribution in [3.63, 3.8) is 0 Å². The van der Waals surface area contributed by atoms with Crippen LogP contribution < -0.4 is 24.8 Å². The maximum absolute atomic E-state index is 4.25. The molecule has 15 heavy (non-hydrogen) atoms. The van der Waals surface area contributed by atoms with E-state index < -0.39 is 0 Å². The molecule has 0 spiro atoms. The van der Waals surface area contributed by atoms with Gasteiger partial charge in [0.1, 0.15) is 0 Å². The molecule has 0 aliphatic heterocycles. The van der Waals surface area contributed by atoms with Crippen molar-refractivity contribution in [3.05, 3.63) is 29.6 Å². The third-order valence-electron chi connectivity index (χ3n) is 1.31. The first-order valence-corrected chi connectivity index (χ1v) is 3.68. The van der Waals surface area contributed by atoms with E-state index in [0.717, 1.165) is 11.4 Å². The Labute approximate surface area is 113 Å². The van der Waals surface area contributed by atoms with Gasteiger partial charge in [-0.1, -0.05) is 6.07 Å². The van der Waals surface area contributed by atoms with Gasteiger partial charge >= 0.3 is 16.8 Å². The Morgan fingerprint density at radius 2 is 1.40 bits per heavy atom. The number of pyridine rings is 1. The van der Waals surface area contributed by atoms with Crippen molar-refractivity contribution in [2.75, 3.05) is 14.1 Å². The van der Waals surface area contributed by atoms with Crippen molar-refractivity contribution in [3.8, 4) is 0 Å². The largest absolute Gasteiger partial charge is 2.00 e. The van der Waals surface area contributed by atoms with Crippen LogP contribution in [0.25, 0.3) is 0 Å². The van der Waals surface area contributed by atoms with Crippen LogP contribution >= 0.6 is 0 Å². The Bertz CT molecular complexity index is 289. The molecule has 0 aromatic carbocycles. The first-order chi connectivity index (χ1) is 5.86. The van der Waals surface area contributed by atoms with Crippen LogP contribution in [0.2, 0.25) is 0 Å². The van der Waals surface area contributed by atoms with Crippen LogP contribution in [0.5, 0.6) is 0 Å². The monoisotopic (exact) mass is 290 g/mol. The van der Waals surface area contributed by atoms with Crippen LogP contribution in [0.1, 0.15) is 11.4 Å². The second-order valence-corrected chi connectivity index (χ2v) is 2.26. The van der Waals surface area contributed by atoms with Gasteiger partial charge in [0.2, 0.25) is 0 Å². The maximum atomic E-state index is 4.25. The number of hydrogen-bond acceptors (Lipinski definition) is 3. The Morgan fingerprint density at radius 1 is 1.00 bits per heavy atom. The molecule has 0 aliphatic carbocycles. The Morgan fingerprint density at radius 3 is 1.73 bits per heavy atom. The van der Waals surface area contributed by atoms with Crippen molar-refractivity contribution < 1.29 is 41.6 Å². The van der Waals surface area contributed by atoms with Gasteiger partial charge in [0.15, 0.2) is 0 Å². The Balaban J connectivity index is -0.000000480. The molecule has 6 heteroatoms. The van der Waals surface area contributed by atoms with Crippen LogP contribution in [-0.2, 0) is 16.8 Å². The van der Waals surface area contributed by atoms with Gasteiger partial charge in [0.05, 0.1) is 11.4 Å². The predicted molar refractivity (Wildman–Crippen MR) is 51.3 cm³/mol. The molecule has 0 unspecified atom stereocenters. The third-order valence-corrected chi connectivity index (χ3v) is 1.31. The summed E-state index contributed by atoms with van der Waals surface area (Å²) in [7, 11) is 3.45. The average molecular weight is 291 g/mol. The summed E-state index contributed by atoms with van der Waals surface area (Å²) in [5.41, 5.74) is 1.71. The van der Waals surface area contributed by atoms with E-state index in [1.807, 2.05) is 18.2 Å². The van der Waals surface area contributed by atoms with Gasteiger partial charge in [-0.05, 0) is 12.1 Å². The Kier molecular flexibility index (Phi) is 15.6. The molecule has 1 aromatic heterocycles. The molecule has 0 saturated carbocycles. The number of aliphatic imine (C=N–C) groups is 2. The molecule has 0 fully saturated rings. The molecular formula is C9H11Cl2CoN3. The van der Waals surface area contributed by atoms with Crippen LogP contribution in [0.4, 0.5) is 0 Å². The maximum Gasteiger partial charge on any atom is 2.00 e. The van der Waals surface area contributed by atoms with Gasteiger partial charge in [-0.25, -0.2) is 4.98 Å². The molecule has 0 amide bonds. The molecular weight excluding hydrogens is 280 g/mol. The van der Waals surface area contributed by atoms with Crippen molar-refractivity contribution in [1.82, 2.24) is 4.98 Å². The van der Waals surface area contributed by atoms with E-state index in [1.54, 1.807) is 26.5 Å². The molecule has 0 atom stereocenters. The summed E-state index contributed by atoms with van der Waals surface area (Å²) in [5, 5.41) is 0. The van der Waals surface area contributed by atoms with E-state index in [9.17, 15) is 0 Å². The fraction of sp³-hybridized carbons (Fsp3) is 0.222. The zero-order valence-corrected chi connectivity index (χ0v) is 10.9. The molecule has 1 heterocycles. The summed E-state index contributed by atoms with van der Waals surface area (Å²) in [6.45, 7) is 0. The van der Waals surface area contributed by atoms with Gasteiger partial charge in [0, 0.05) is 26.5 Å². The third kappa shape index (κ3) is 7.50. The van der Waals surface area contributed by atoms with Gasteiger partial charge in [-0.2, -0.15) is 0 Å². The summed E-state index contributed by atoms with van der Waals surface area (Å²) in [6, 6.07) is 5.74. The van der Waals surface area contributed by atoms with E-state index in [2.05, 4.69) is 15.0 Å². The fourth-order valence-electron chi connectivity index (χ4n) is 0.877. The van der Waals surface area contributed by atoms with E-state index in [1.165, 1.54) is 0 Å². The predicted octanol–water partition coefficient (Wildman–Crippen LogP) is -4.82. The molecule has 1 aromatic rings. The fourth-order valence-corrected chi connectivity index (χ4v) is 0.877. The molecule has 3 nitrogen and oxygen atoms in total. The SMILES string of the molecule is CN=Cc1cccc(C=NC)n1.[Cl-].[Cl-].[Co+2]. The standard InChI is InChI=1S/C9H11N3.2ClH.Co/c1-10-6-8-4-3-5-9(12-8)7-11-2;;;/h3-7H,1-2H3;2*1H;/q;;;+2/p-2. The van der Waals surface area contributed by atoms with Crippen molar-refractivity contribution in [1.29, 1.82) is 0 Å². The molecule has 0 bridgehead atoms. The van der Waals surface area contributed by atoms with Crippen LogP contribution in [-0.4, -0.2) is 31.5 Å². The summed E-state index contributed by atoms with van der Waals surface area (Å²) >= 11 is 0. The summed E-state index contributed by atoms with van der Waals surface area (Å²) < 4.78 is 0. The number of hydrogen-bond donors (Lipinski definition) is 0. The second kappa shape index (κ2) is 11.7. The smallest absolute Gasteiger partial charge is 1.00 e. The van der Waals surface area contributed by atoms with E-state index >= 15 is 0 Å². The van der Waals surface area contributed by atoms with E-state index in [4.69, 9.17) is 0 Å². The molecule has 0 aliphatic rings. The number of nitrogens with zero attached hydrogens (tertiary/aromatic N) is 3. The molecule has 1 radical (unpaired) electrons. The topological polar surface area (TPSA) is 37.6 Å². The van der Waals surface area contributed by atoms with Crippen LogP contribution in [0.15, 0.2) is 28.2 Å². The average Bonchev–Trinajstić information content (AvgIpc) is 2.06. The van der Waals surface area contributed by atoms with Gasteiger partial charge in [0.25, 0.3) is 0 Å². The van der Waals surface area contributed by atoms with Crippen molar-refractivity contribution in [2.45, 2.75) is 0 Å². The number of aromatic nitrogens is 1. The second-order valence-electron chi connectivity index (χ2n) is 2.26. The normalized spacial score (nSPS) is 9.20. The first-order valence-electron chi connectivity index (χ1n) is 3.68. The minimum absolute atomic E-state index is 0. The zero-order valence-electron chi connectivity index (χ0n) is 8.32. The minimum Gasteiger partial charge on any atom is -1.00 e. The minimum atomic E-state index is 0. The molecule has 1 rings (SSSR count). The molecule has 85 valence electrons. The number of rotatable bonds is 2. The first kappa shape index (κ1) is 20.0. The van der Waals surface area contributed by atoms with E-state index in [0.29, 0.717) is 0 Å². The van der Waals surface area contributed by atoms with Crippen LogP contribution in [0.3, 0.4) is 0 Å². The van der Waals surface area contributed by atoms with Gasteiger partial charge in [-0.3, -0.25) is 9.98 Å². The number of halogens is 2. The van der Waals surface area contributed by atoms with Crippen molar-refractivity contribution in [2.24, 2.45) is 9.98 Å². The quantitative estimate of drug-likeness (QED) is 0.504. The summed E-state index contributed by atoms with van der Waals surface area (Å²) in [5.74, 6) is 0. The zero-order chi connectivity index (χ0) is 8.81.